The van der Waals surface area contributed by atoms with Gasteiger partial charge in [0.1, 0.15) is 23.9 Å². The Labute approximate surface area is 157 Å². The van der Waals surface area contributed by atoms with Gasteiger partial charge in [-0.3, -0.25) is 0 Å². The molecular formula is C22H34O4. The second-order valence-corrected chi connectivity index (χ2v) is 10.1. The van der Waals surface area contributed by atoms with Crippen LogP contribution in [0, 0.1) is 10.8 Å². The van der Waals surface area contributed by atoms with Crippen molar-refractivity contribution < 1.29 is 19.7 Å². The Morgan fingerprint density at radius 3 is 2.46 bits per heavy atom. The highest BCUT2D eigenvalue weighted by atomic mass is 16.8. The highest BCUT2D eigenvalue weighted by Crippen LogP contribution is 2.61. The van der Waals surface area contributed by atoms with Crippen LogP contribution < -0.4 is 0 Å². The van der Waals surface area contributed by atoms with E-state index in [1.807, 2.05) is 13.8 Å². The summed E-state index contributed by atoms with van der Waals surface area (Å²) in [7, 11) is 0. The molecule has 0 aromatic rings. The molecule has 4 heteroatoms. The van der Waals surface area contributed by atoms with Crippen molar-refractivity contribution >= 4 is 0 Å². The Bertz CT molecular complexity index is 688. The monoisotopic (exact) mass is 362 g/mol. The van der Waals surface area contributed by atoms with Crippen LogP contribution in [0.4, 0.5) is 0 Å². The Morgan fingerprint density at radius 1 is 1.08 bits per heavy atom. The molecule has 4 rings (SSSR count). The number of aliphatic hydroxyl groups is 2. The maximum Gasteiger partial charge on any atom is 0.164 e. The fraction of sp³-hybridized carbons (Fsp3) is 0.818. The van der Waals surface area contributed by atoms with Gasteiger partial charge < -0.3 is 19.7 Å². The minimum atomic E-state index is -1.19. The molecule has 1 saturated heterocycles. The van der Waals surface area contributed by atoms with E-state index in [2.05, 4.69) is 33.8 Å². The van der Waals surface area contributed by atoms with E-state index in [1.165, 1.54) is 5.57 Å². The van der Waals surface area contributed by atoms with E-state index in [4.69, 9.17) is 9.47 Å². The molecule has 146 valence electrons. The van der Waals surface area contributed by atoms with Gasteiger partial charge in [-0.05, 0) is 64.0 Å². The van der Waals surface area contributed by atoms with Crippen LogP contribution in [0.2, 0.25) is 0 Å². The Balaban J connectivity index is 2.00. The van der Waals surface area contributed by atoms with Crippen LogP contribution in [0.15, 0.2) is 22.8 Å². The van der Waals surface area contributed by atoms with E-state index >= 15 is 0 Å². The van der Waals surface area contributed by atoms with Crippen molar-refractivity contribution in [2.24, 2.45) is 10.8 Å². The summed E-state index contributed by atoms with van der Waals surface area (Å²) < 4.78 is 13.0. The third kappa shape index (κ3) is 2.22. The molecule has 1 saturated carbocycles. The van der Waals surface area contributed by atoms with Gasteiger partial charge in [0, 0.05) is 10.8 Å². The summed E-state index contributed by atoms with van der Waals surface area (Å²) in [6.45, 7) is 12.4. The second-order valence-electron chi connectivity index (χ2n) is 10.1. The predicted molar refractivity (Wildman–Crippen MR) is 101 cm³/mol. The summed E-state index contributed by atoms with van der Waals surface area (Å²) in [4.78, 5) is 0. The lowest BCUT2D eigenvalue weighted by Gasteiger charge is -2.58. The Hall–Kier alpha value is -0.680. The average Bonchev–Trinajstić information content (AvgIpc) is 2.86. The van der Waals surface area contributed by atoms with Crippen LogP contribution in [0.25, 0.3) is 0 Å². The third-order valence-electron chi connectivity index (χ3n) is 7.78. The van der Waals surface area contributed by atoms with E-state index in [0.29, 0.717) is 6.42 Å². The zero-order chi connectivity index (χ0) is 19.1. The molecule has 3 aliphatic carbocycles. The number of allylic oxidation sites excluding steroid dienone is 2. The molecule has 2 N–H and O–H groups in total. The van der Waals surface area contributed by atoms with E-state index in [9.17, 15) is 10.2 Å². The first-order valence-corrected chi connectivity index (χ1v) is 10.1. The maximum absolute atomic E-state index is 11.8. The lowest BCUT2D eigenvalue weighted by atomic mass is 9.51. The maximum atomic E-state index is 11.8. The summed E-state index contributed by atoms with van der Waals surface area (Å²) in [5.74, 6) is -0.672. The fourth-order valence-corrected chi connectivity index (χ4v) is 6.20. The lowest BCUT2D eigenvalue weighted by molar-refractivity contribution is -0.156. The minimum Gasteiger partial charge on any atom is -0.386 e. The summed E-state index contributed by atoms with van der Waals surface area (Å²) in [5, 5.41) is 23.3. The molecular weight excluding hydrogens is 328 g/mol. The van der Waals surface area contributed by atoms with Crippen molar-refractivity contribution in [3.63, 3.8) is 0 Å². The number of aliphatic hydroxyl groups excluding tert-OH is 1. The molecule has 2 fully saturated rings. The molecule has 5 atom stereocenters. The largest absolute Gasteiger partial charge is 0.386 e. The number of hydrogen-bond donors (Lipinski definition) is 2. The van der Waals surface area contributed by atoms with Gasteiger partial charge in [-0.15, -0.1) is 0 Å². The fourth-order valence-electron chi connectivity index (χ4n) is 6.20. The second kappa shape index (κ2) is 5.44. The minimum absolute atomic E-state index is 0.148. The summed E-state index contributed by atoms with van der Waals surface area (Å²) >= 11 is 0. The van der Waals surface area contributed by atoms with Gasteiger partial charge in [0.05, 0.1) is 0 Å². The highest BCUT2D eigenvalue weighted by molar-refractivity contribution is 5.42. The van der Waals surface area contributed by atoms with Crippen molar-refractivity contribution in [1.29, 1.82) is 0 Å². The van der Waals surface area contributed by atoms with Crippen LogP contribution in [-0.2, 0) is 9.47 Å². The van der Waals surface area contributed by atoms with E-state index < -0.39 is 22.9 Å². The summed E-state index contributed by atoms with van der Waals surface area (Å²) in [6.07, 6.45) is 5.26. The molecule has 0 spiro atoms. The van der Waals surface area contributed by atoms with Crippen molar-refractivity contribution in [3.05, 3.63) is 22.8 Å². The zero-order valence-corrected chi connectivity index (χ0v) is 17.1. The molecule has 4 nitrogen and oxygen atoms in total. The topological polar surface area (TPSA) is 58.9 Å². The molecule has 0 unspecified atom stereocenters. The van der Waals surface area contributed by atoms with Crippen molar-refractivity contribution in [2.45, 2.75) is 103 Å². The molecule has 1 aliphatic heterocycles. The molecule has 0 amide bonds. The quantitative estimate of drug-likeness (QED) is 0.642. The van der Waals surface area contributed by atoms with Crippen molar-refractivity contribution in [1.82, 2.24) is 0 Å². The van der Waals surface area contributed by atoms with Gasteiger partial charge in [-0.2, -0.15) is 0 Å². The van der Waals surface area contributed by atoms with Crippen LogP contribution in [0.5, 0.6) is 0 Å². The highest BCUT2D eigenvalue weighted by Gasteiger charge is 2.65. The Morgan fingerprint density at radius 2 is 1.77 bits per heavy atom. The van der Waals surface area contributed by atoms with E-state index in [-0.39, 0.29) is 17.6 Å². The van der Waals surface area contributed by atoms with Gasteiger partial charge in [-0.1, -0.05) is 32.4 Å². The van der Waals surface area contributed by atoms with Gasteiger partial charge >= 0.3 is 0 Å². The summed E-state index contributed by atoms with van der Waals surface area (Å²) in [6, 6.07) is 0. The lowest BCUT2D eigenvalue weighted by Crippen LogP contribution is -2.64. The molecule has 0 aromatic carbocycles. The van der Waals surface area contributed by atoms with Crippen LogP contribution in [-0.4, -0.2) is 39.9 Å². The van der Waals surface area contributed by atoms with Crippen LogP contribution in [0.3, 0.4) is 0 Å². The SMILES string of the molecule is CC1=C2[C@H]3OC(C)(C)O[C@@H]3[C@]3(C)CCCC=C3[C@H](O)[C@](O)(CC1)C2(C)C. The van der Waals surface area contributed by atoms with Crippen molar-refractivity contribution in [2.75, 3.05) is 0 Å². The Kier molecular flexibility index (Phi) is 3.90. The van der Waals surface area contributed by atoms with E-state index in [0.717, 1.165) is 36.8 Å². The number of rotatable bonds is 0. The van der Waals surface area contributed by atoms with Gasteiger partial charge in [-0.25, -0.2) is 0 Å². The normalized spacial score (nSPS) is 46.8. The molecule has 2 bridgehead atoms. The van der Waals surface area contributed by atoms with Crippen LogP contribution in [0.1, 0.15) is 73.6 Å². The predicted octanol–water partition coefficient (Wildman–Crippen LogP) is 3.87. The number of hydrogen-bond acceptors (Lipinski definition) is 4. The zero-order valence-electron chi connectivity index (χ0n) is 17.1. The van der Waals surface area contributed by atoms with Crippen molar-refractivity contribution in [3.8, 4) is 0 Å². The first kappa shape index (κ1) is 18.7. The summed E-state index contributed by atoms with van der Waals surface area (Å²) in [5.41, 5.74) is 1.26. The molecule has 0 aromatic heterocycles. The van der Waals surface area contributed by atoms with Gasteiger partial charge in [0.15, 0.2) is 5.79 Å². The average molecular weight is 363 g/mol. The molecule has 4 aliphatic rings. The molecule has 1 heterocycles. The third-order valence-corrected chi connectivity index (χ3v) is 7.78. The standard InChI is InChI=1S/C22H34O4/c1-13-10-12-22(24)17(23)14-9-7-8-11-21(14,6)18-16(15(13)19(22,2)3)25-20(4,5)26-18/h9,16-18,23-24H,7-8,10-12H2,1-6H3/t16-,17+,18+,21-,22-/m1/s1. The van der Waals surface area contributed by atoms with Crippen LogP contribution >= 0.6 is 0 Å². The smallest absolute Gasteiger partial charge is 0.164 e. The number of fused-ring (bicyclic) bond motifs is 6. The van der Waals surface area contributed by atoms with Gasteiger partial charge in [0.2, 0.25) is 0 Å². The molecule has 0 radical (unpaired) electrons. The first-order valence-electron chi connectivity index (χ1n) is 10.1. The number of ether oxygens (including phenoxy) is 2. The van der Waals surface area contributed by atoms with Gasteiger partial charge in [0.25, 0.3) is 0 Å². The first-order chi connectivity index (χ1) is 11.9. The molecule has 26 heavy (non-hydrogen) atoms. The van der Waals surface area contributed by atoms with E-state index in [1.54, 1.807) is 0 Å².